The molecule has 1 aromatic carbocycles. The van der Waals surface area contributed by atoms with E-state index in [1.807, 2.05) is 12.1 Å². The Morgan fingerprint density at radius 1 is 1.33 bits per heavy atom. The van der Waals surface area contributed by atoms with Crippen LogP contribution in [0.5, 0.6) is 5.75 Å². The predicted octanol–water partition coefficient (Wildman–Crippen LogP) is 3.77. The van der Waals surface area contributed by atoms with Gasteiger partial charge in [-0.15, -0.1) is 0 Å². The van der Waals surface area contributed by atoms with Gasteiger partial charge in [0.05, 0.1) is 6.61 Å². The van der Waals surface area contributed by atoms with Crippen LogP contribution in [0.2, 0.25) is 0 Å². The molecule has 0 bridgehead atoms. The summed E-state index contributed by atoms with van der Waals surface area (Å²) in [6.45, 7) is 8.54. The van der Waals surface area contributed by atoms with E-state index in [1.54, 1.807) is 7.11 Å². The Morgan fingerprint density at radius 2 is 2.14 bits per heavy atom. The van der Waals surface area contributed by atoms with Gasteiger partial charge < -0.3 is 14.8 Å². The first-order chi connectivity index (χ1) is 10.1. The number of nitrogens with one attached hydrogen (secondary N) is 1. The minimum absolute atomic E-state index is 0.229. The lowest BCUT2D eigenvalue weighted by Crippen LogP contribution is -2.63. The van der Waals surface area contributed by atoms with Crippen molar-refractivity contribution in [2.24, 2.45) is 5.41 Å². The van der Waals surface area contributed by atoms with E-state index in [-0.39, 0.29) is 5.41 Å². The summed E-state index contributed by atoms with van der Waals surface area (Å²) in [5, 5.41) is 3.66. The van der Waals surface area contributed by atoms with Crippen molar-refractivity contribution >= 4 is 0 Å². The van der Waals surface area contributed by atoms with Gasteiger partial charge in [0.25, 0.3) is 0 Å². The summed E-state index contributed by atoms with van der Waals surface area (Å²) >= 11 is 0. The zero-order chi connectivity index (χ0) is 15.3. The summed E-state index contributed by atoms with van der Waals surface area (Å²) in [5.41, 5.74) is 1.39. The fourth-order valence-electron chi connectivity index (χ4n) is 3.15. The van der Waals surface area contributed by atoms with Crippen LogP contribution in [0.3, 0.4) is 0 Å². The van der Waals surface area contributed by atoms with Gasteiger partial charge in [-0.3, -0.25) is 0 Å². The van der Waals surface area contributed by atoms with Gasteiger partial charge in [-0.2, -0.15) is 0 Å². The smallest absolute Gasteiger partial charge is 0.120 e. The Balaban J connectivity index is 1.98. The fourth-order valence-corrected chi connectivity index (χ4v) is 3.15. The fraction of sp³-hybridized carbons (Fsp3) is 0.667. The van der Waals surface area contributed by atoms with Gasteiger partial charge in [-0.1, -0.05) is 32.9 Å². The summed E-state index contributed by atoms with van der Waals surface area (Å²) in [5.74, 6) is 0.961. The second-order valence-electron chi connectivity index (χ2n) is 6.29. The van der Waals surface area contributed by atoms with Crippen molar-refractivity contribution in [1.82, 2.24) is 5.32 Å². The van der Waals surface area contributed by atoms with Crippen LogP contribution in [0.1, 0.15) is 45.6 Å². The van der Waals surface area contributed by atoms with E-state index in [0.29, 0.717) is 18.8 Å². The van der Waals surface area contributed by atoms with E-state index in [9.17, 15) is 0 Å². The lowest BCUT2D eigenvalue weighted by atomic mass is 9.61. The van der Waals surface area contributed by atoms with Crippen molar-refractivity contribution in [2.45, 2.75) is 58.8 Å². The molecule has 1 N–H and O–H groups in total. The van der Waals surface area contributed by atoms with Crippen molar-refractivity contribution in [3.05, 3.63) is 29.8 Å². The highest BCUT2D eigenvalue weighted by molar-refractivity contribution is 5.29. The Bertz CT molecular complexity index is 449. The highest BCUT2D eigenvalue weighted by atomic mass is 16.5. The first-order valence-corrected chi connectivity index (χ1v) is 8.12. The molecule has 3 atom stereocenters. The minimum atomic E-state index is 0.229. The third kappa shape index (κ3) is 3.58. The molecule has 0 radical (unpaired) electrons. The molecule has 1 aliphatic rings. The first kappa shape index (κ1) is 16.3. The molecule has 0 heterocycles. The zero-order valence-corrected chi connectivity index (χ0v) is 13.8. The number of ether oxygens (including phenoxy) is 2. The Kier molecular flexibility index (Phi) is 5.65. The minimum Gasteiger partial charge on any atom is -0.490 e. The maximum absolute atomic E-state index is 6.26. The largest absolute Gasteiger partial charge is 0.490 e. The van der Waals surface area contributed by atoms with Crippen LogP contribution in [-0.4, -0.2) is 25.8 Å². The number of rotatable bonds is 8. The molecule has 3 nitrogen and oxygen atoms in total. The van der Waals surface area contributed by atoms with Crippen LogP contribution in [0.4, 0.5) is 0 Å². The lowest BCUT2D eigenvalue weighted by Gasteiger charge is -2.53. The van der Waals surface area contributed by atoms with Gasteiger partial charge in [-0.25, -0.2) is 0 Å². The second kappa shape index (κ2) is 7.28. The third-order valence-corrected chi connectivity index (χ3v) is 4.87. The van der Waals surface area contributed by atoms with E-state index in [2.05, 4.69) is 38.2 Å². The van der Waals surface area contributed by atoms with Gasteiger partial charge in [0, 0.05) is 25.0 Å². The van der Waals surface area contributed by atoms with Crippen molar-refractivity contribution in [3.63, 3.8) is 0 Å². The average Bonchev–Trinajstić information content (AvgIpc) is 2.50. The predicted molar refractivity (Wildman–Crippen MR) is 86.7 cm³/mol. The number of hydrogen-bond acceptors (Lipinski definition) is 3. The van der Waals surface area contributed by atoms with Crippen molar-refractivity contribution in [3.8, 4) is 5.75 Å². The summed E-state index contributed by atoms with van der Waals surface area (Å²) in [6, 6.07) is 8.82. The van der Waals surface area contributed by atoms with E-state index in [4.69, 9.17) is 9.47 Å². The van der Waals surface area contributed by atoms with Gasteiger partial charge in [0.15, 0.2) is 0 Å². The molecule has 1 saturated carbocycles. The van der Waals surface area contributed by atoms with Crippen molar-refractivity contribution in [1.29, 1.82) is 0 Å². The maximum atomic E-state index is 6.26. The molecule has 3 heteroatoms. The number of methoxy groups -OCH3 is 1. The van der Waals surface area contributed by atoms with E-state index < -0.39 is 0 Å². The van der Waals surface area contributed by atoms with Gasteiger partial charge >= 0.3 is 0 Å². The highest BCUT2D eigenvalue weighted by Gasteiger charge is 2.51. The molecule has 0 aliphatic heterocycles. The molecule has 1 aromatic rings. The molecule has 21 heavy (non-hydrogen) atoms. The van der Waals surface area contributed by atoms with Gasteiger partial charge in [0.1, 0.15) is 11.9 Å². The summed E-state index contributed by atoms with van der Waals surface area (Å²) in [4.78, 5) is 0. The van der Waals surface area contributed by atoms with Crippen LogP contribution < -0.4 is 10.1 Å². The molecule has 0 amide bonds. The molecule has 0 saturated heterocycles. The number of benzene rings is 1. The molecule has 3 unspecified atom stereocenters. The molecule has 0 aromatic heterocycles. The van der Waals surface area contributed by atoms with Crippen molar-refractivity contribution < 1.29 is 9.47 Å². The number of hydrogen-bond donors (Lipinski definition) is 1. The van der Waals surface area contributed by atoms with Crippen molar-refractivity contribution in [2.75, 3.05) is 13.7 Å². The maximum Gasteiger partial charge on any atom is 0.120 e. The van der Waals surface area contributed by atoms with E-state index in [1.165, 1.54) is 6.42 Å². The summed E-state index contributed by atoms with van der Waals surface area (Å²) in [7, 11) is 1.72. The van der Waals surface area contributed by atoms with Crippen LogP contribution in [-0.2, 0) is 11.3 Å². The van der Waals surface area contributed by atoms with Crippen LogP contribution in [0, 0.1) is 5.41 Å². The molecule has 2 rings (SSSR count). The van der Waals surface area contributed by atoms with E-state index in [0.717, 1.165) is 30.7 Å². The molecular formula is C18H29NO2. The van der Waals surface area contributed by atoms with Crippen LogP contribution in [0.25, 0.3) is 0 Å². The highest BCUT2D eigenvalue weighted by Crippen LogP contribution is 2.46. The molecule has 1 fully saturated rings. The lowest BCUT2D eigenvalue weighted by molar-refractivity contribution is -0.0701. The molecular weight excluding hydrogens is 262 g/mol. The Labute approximate surface area is 129 Å². The normalized spacial score (nSPS) is 28.2. The van der Waals surface area contributed by atoms with Crippen LogP contribution in [0.15, 0.2) is 24.3 Å². The third-order valence-electron chi connectivity index (χ3n) is 4.87. The summed E-state index contributed by atoms with van der Waals surface area (Å²) < 4.78 is 11.4. The molecule has 1 aliphatic carbocycles. The SMILES string of the molecule is CCCNC1CC(Oc2cccc(COC)c2)C1(C)CC. The Hall–Kier alpha value is -1.06. The van der Waals surface area contributed by atoms with E-state index >= 15 is 0 Å². The second-order valence-corrected chi connectivity index (χ2v) is 6.29. The zero-order valence-electron chi connectivity index (χ0n) is 13.8. The Morgan fingerprint density at radius 3 is 2.81 bits per heavy atom. The standard InChI is InChI=1S/C18H29NO2/c1-5-10-19-16-12-17(18(16,3)6-2)21-15-9-7-8-14(11-15)13-20-4/h7-9,11,16-17,19H,5-6,10,12-13H2,1-4H3. The van der Waals surface area contributed by atoms with Crippen LogP contribution >= 0.6 is 0 Å². The topological polar surface area (TPSA) is 30.5 Å². The molecule has 0 spiro atoms. The average molecular weight is 291 g/mol. The van der Waals surface area contributed by atoms with Gasteiger partial charge in [-0.05, 0) is 37.1 Å². The quantitative estimate of drug-likeness (QED) is 0.791. The molecule has 118 valence electrons. The monoisotopic (exact) mass is 291 g/mol. The first-order valence-electron chi connectivity index (χ1n) is 8.12. The summed E-state index contributed by atoms with van der Waals surface area (Å²) in [6.07, 6.45) is 3.71. The van der Waals surface area contributed by atoms with Gasteiger partial charge in [0.2, 0.25) is 0 Å².